The van der Waals surface area contributed by atoms with Gasteiger partial charge in [0.25, 0.3) is 0 Å². The maximum absolute atomic E-state index is 11.9. The number of carbonyl (C=O) groups excluding carboxylic acids is 1. The monoisotopic (exact) mass is 275 g/mol. The molecule has 0 saturated carbocycles. The molecule has 0 unspecified atom stereocenters. The Labute approximate surface area is 121 Å². The van der Waals surface area contributed by atoms with E-state index in [4.69, 9.17) is 4.42 Å². The molecule has 0 aliphatic heterocycles. The topological polar surface area (TPSA) is 33.5 Å². The minimum Gasteiger partial charge on any atom is -0.467 e. The number of allylic oxidation sites excluding steroid dienone is 2. The van der Waals surface area contributed by atoms with Crippen molar-refractivity contribution < 1.29 is 9.21 Å². The van der Waals surface area contributed by atoms with Gasteiger partial charge in [-0.2, -0.15) is 0 Å². The Bertz CT molecular complexity index is 475. The van der Waals surface area contributed by atoms with Crippen LogP contribution < -0.4 is 0 Å². The van der Waals surface area contributed by atoms with Gasteiger partial charge in [-0.25, -0.2) is 0 Å². The van der Waals surface area contributed by atoms with Gasteiger partial charge in [-0.05, 0) is 43.2 Å². The second-order valence-electron chi connectivity index (χ2n) is 6.20. The number of amides is 1. The number of nitrogens with zero attached hydrogens (tertiary/aromatic N) is 1. The van der Waals surface area contributed by atoms with Crippen molar-refractivity contribution >= 4 is 5.91 Å². The van der Waals surface area contributed by atoms with Crippen LogP contribution in [0.4, 0.5) is 0 Å². The van der Waals surface area contributed by atoms with E-state index in [-0.39, 0.29) is 5.91 Å². The lowest BCUT2D eigenvalue weighted by molar-refractivity contribution is -0.130. The van der Waals surface area contributed by atoms with Crippen LogP contribution in [0.3, 0.4) is 0 Å². The van der Waals surface area contributed by atoms with Crippen molar-refractivity contribution in [2.75, 3.05) is 6.54 Å². The van der Waals surface area contributed by atoms with Crippen molar-refractivity contribution in [1.29, 1.82) is 0 Å². The van der Waals surface area contributed by atoms with E-state index in [1.165, 1.54) is 5.57 Å². The van der Waals surface area contributed by atoms with Crippen LogP contribution in [0.25, 0.3) is 0 Å². The second-order valence-corrected chi connectivity index (χ2v) is 6.20. The van der Waals surface area contributed by atoms with Gasteiger partial charge in [-0.15, -0.1) is 0 Å². The van der Waals surface area contributed by atoms with Crippen LogP contribution in [0, 0.1) is 17.8 Å². The molecule has 2 rings (SSSR count). The van der Waals surface area contributed by atoms with Crippen molar-refractivity contribution in [3.05, 3.63) is 35.8 Å². The fourth-order valence-corrected chi connectivity index (χ4v) is 3.31. The molecule has 1 aliphatic rings. The Kier molecular flexibility index (Phi) is 4.69. The largest absolute Gasteiger partial charge is 0.467 e. The molecule has 1 aromatic heterocycles. The van der Waals surface area contributed by atoms with Crippen LogP contribution in [0.15, 0.2) is 34.5 Å². The van der Waals surface area contributed by atoms with Crippen molar-refractivity contribution in [2.24, 2.45) is 17.8 Å². The summed E-state index contributed by atoms with van der Waals surface area (Å²) >= 11 is 0. The number of hydrogen-bond acceptors (Lipinski definition) is 2. The fraction of sp³-hybridized carbons (Fsp3) is 0.588. The molecule has 0 bridgehead atoms. The molecule has 1 amide bonds. The molecular formula is C17H25NO2. The average molecular weight is 275 g/mol. The molecular weight excluding hydrogens is 250 g/mol. The number of carbonyl (C=O) groups is 1. The molecule has 20 heavy (non-hydrogen) atoms. The summed E-state index contributed by atoms with van der Waals surface area (Å²) in [5.74, 6) is 2.64. The van der Waals surface area contributed by atoms with Crippen LogP contribution in [0.2, 0.25) is 0 Å². The zero-order valence-electron chi connectivity index (χ0n) is 12.9. The highest BCUT2D eigenvalue weighted by atomic mass is 16.3. The SMILES string of the molecule is CC(=O)N(Cc1ccco1)C[C@H]1[C@@H](C)C=C(C)C[C@@H]1C. The minimum atomic E-state index is 0.118. The van der Waals surface area contributed by atoms with Gasteiger partial charge in [0.05, 0.1) is 12.8 Å². The van der Waals surface area contributed by atoms with Gasteiger partial charge in [0.2, 0.25) is 5.91 Å². The average Bonchev–Trinajstić information content (AvgIpc) is 2.84. The highest BCUT2D eigenvalue weighted by Gasteiger charge is 2.29. The summed E-state index contributed by atoms with van der Waals surface area (Å²) in [6.07, 6.45) is 5.16. The first-order valence-electron chi connectivity index (χ1n) is 7.42. The van der Waals surface area contributed by atoms with E-state index in [0.717, 1.165) is 18.7 Å². The minimum absolute atomic E-state index is 0.118. The molecule has 1 aliphatic carbocycles. The molecule has 0 fully saturated rings. The third kappa shape index (κ3) is 3.53. The summed E-state index contributed by atoms with van der Waals surface area (Å²) in [4.78, 5) is 13.8. The summed E-state index contributed by atoms with van der Waals surface area (Å²) in [7, 11) is 0. The van der Waals surface area contributed by atoms with Crippen molar-refractivity contribution in [3.63, 3.8) is 0 Å². The highest BCUT2D eigenvalue weighted by Crippen LogP contribution is 2.34. The van der Waals surface area contributed by atoms with Gasteiger partial charge in [-0.3, -0.25) is 4.79 Å². The highest BCUT2D eigenvalue weighted by molar-refractivity contribution is 5.73. The maximum atomic E-state index is 11.9. The normalized spacial score (nSPS) is 26.2. The third-order valence-corrected chi connectivity index (χ3v) is 4.40. The molecule has 3 heteroatoms. The zero-order valence-corrected chi connectivity index (χ0v) is 12.9. The van der Waals surface area contributed by atoms with Crippen molar-refractivity contribution in [3.8, 4) is 0 Å². The summed E-state index contributed by atoms with van der Waals surface area (Å²) in [6.45, 7) is 9.78. The van der Waals surface area contributed by atoms with E-state index in [0.29, 0.717) is 24.3 Å². The van der Waals surface area contributed by atoms with Gasteiger partial charge >= 0.3 is 0 Å². The van der Waals surface area contributed by atoms with E-state index in [9.17, 15) is 4.79 Å². The van der Waals surface area contributed by atoms with Crippen LogP contribution in [0.1, 0.15) is 39.9 Å². The second kappa shape index (κ2) is 6.29. The Morgan fingerprint density at radius 3 is 2.75 bits per heavy atom. The predicted molar refractivity (Wildman–Crippen MR) is 80.0 cm³/mol. The molecule has 0 N–H and O–H groups in total. The van der Waals surface area contributed by atoms with Gasteiger partial charge in [0, 0.05) is 13.5 Å². The van der Waals surface area contributed by atoms with E-state index in [2.05, 4.69) is 26.8 Å². The first-order chi connectivity index (χ1) is 9.47. The number of rotatable bonds is 4. The van der Waals surface area contributed by atoms with E-state index < -0.39 is 0 Å². The van der Waals surface area contributed by atoms with Crippen LogP contribution in [-0.4, -0.2) is 17.4 Å². The van der Waals surface area contributed by atoms with E-state index >= 15 is 0 Å². The molecule has 0 radical (unpaired) electrons. The summed E-state index contributed by atoms with van der Waals surface area (Å²) < 4.78 is 5.37. The summed E-state index contributed by atoms with van der Waals surface area (Å²) in [5.41, 5.74) is 1.47. The van der Waals surface area contributed by atoms with Gasteiger partial charge < -0.3 is 9.32 Å². The Balaban J connectivity index is 2.06. The summed E-state index contributed by atoms with van der Waals surface area (Å²) in [6, 6.07) is 3.79. The Morgan fingerprint density at radius 1 is 1.45 bits per heavy atom. The quantitative estimate of drug-likeness (QED) is 0.782. The van der Waals surface area contributed by atoms with Gasteiger partial charge in [0.15, 0.2) is 0 Å². The Morgan fingerprint density at radius 2 is 2.20 bits per heavy atom. The van der Waals surface area contributed by atoms with Crippen molar-refractivity contribution in [1.82, 2.24) is 4.90 Å². The van der Waals surface area contributed by atoms with Crippen LogP contribution in [-0.2, 0) is 11.3 Å². The lowest BCUT2D eigenvalue weighted by Gasteiger charge is -2.36. The number of furan rings is 1. The van der Waals surface area contributed by atoms with Crippen LogP contribution >= 0.6 is 0 Å². The third-order valence-electron chi connectivity index (χ3n) is 4.40. The van der Waals surface area contributed by atoms with Crippen molar-refractivity contribution in [2.45, 2.75) is 40.7 Å². The lowest BCUT2D eigenvalue weighted by Crippen LogP contribution is -2.38. The predicted octanol–water partition coefficient (Wildman–Crippen LogP) is 3.87. The molecule has 0 aromatic carbocycles. The van der Waals surface area contributed by atoms with E-state index in [1.54, 1.807) is 13.2 Å². The molecule has 1 heterocycles. The fourth-order valence-electron chi connectivity index (χ4n) is 3.31. The first kappa shape index (κ1) is 14.9. The van der Waals surface area contributed by atoms with Gasteiger partial charge in [0.1, 0.15) is 5.76 Å². The molecule has 110 valence electrons. The summed E-state index contributed by atoms with van der Waals surface area (Å²) in [5, 5.41) is 0. The molecule has 3 nitrogen and oxygen atoms in total. The molecule has 0 saturated heterocycles. The Hall–Kier alpha value is -1.51. The maximum Gasteiger partial charge on any atom is 0.219 e. The first-order valence-corrected chi connectivity index (χ1v) is 7.42. The zero-order chi connectivity index (χ0) is 14.7. The van der Waals surface area contributed by atoms with Gasteiger partial charge in [-0.1, -0.05) is 25.5 Å². The molecule has 3 atom stereocenters. The smallest absolute Gasteiger partial charge is 0.219 e. The number of hydrogen-bond donors (Lipinski definition) is 0. The van der Waals surface area contributed by atoms with E-state index in [1.807, 2.05) is 17.0 Å². The van der Waals surface area contributed by atoms with Crippen LogP contribution in [0.5, 0.6) is 0 Å². The molecule has 1 aromatic rings. The molecule has 0 spiro atoms. The standard InChI is InChI=1S/C17H25NO2/c1-12-8-13(2)17(14(3)9-12)11-18(15(4)19)10-16-6-5-7-20-16/h5-8,13-14,17H,9-11H2,1-4H3/t13-,14-,17-/m0/s1. The lowest BCUT2D eigenvalue weighted by atomic mass is 9.75.